The van der Waals surface area contributed by atoms with E-state index in [1.165, 1.54) is 0 Å². The summed E-state index contributed by atoms with van der Waals surface area (Å²) in [5, 5.41) is 0.535. The molecule has 3 aromatic rings. The molecular formula is C27H25ClN2O4. The third kappa shape index (κ3) is 4.87. The van der Waals surface area contributed by atoms with Crippen molar-refractivity contribution in [1.82, 2.24) is 9.80 Å². The number of carbonyl (C=O) groups excluding carboxylic acids is 2. The lowest BCUT2D eigenvalue weighted by atomic mass is 10.0. The number of hydrogen-bond acceptors (Lipinski definition) is 4. The monoisotopic (exact) mass is 476 g/mol. The number of ether oxygens (including phenoxy) is 2. The molecule has 2 aliphatic heterocycles. The summed E-state index contributed by atoms with van der Waals surface area (Å²) in [6.45, 7) is 1.92. The van der Waals surface area contributed by atoms with Gasteiger partial charge in [-0.3, -0.25) is 9.59 Å². The van der Waals surface area contributed by atoms with E-state index >= 15 is 0 Å². The molecule has 0 atom stereocenters. The zero-order valence-corrected chi connectivity index (χ0v) is 19.5. The third-order valence-electron chi connectivity index (χ3n) is 6.26. The van der Waals surface area contributed by atoms with Crippen LogP contribution < -0.4 is 9.47 Å². The number of rotatable bonds is 5. The molecule has 6 nitrogen and oxygen atoms in total. The van der Waals surface area contributed by atoms with Gasteiger partial charge in [0.2, 0.25) is 18.6 Å². The molecule has 3 aromatic carbocycles. The van der Waals surface area contributed by atoms with Crippen LogP contribution in [-0.2, 0) is 22.6 Å². The highest BCUT2D eigenvalue weighted by molar-refractivity contribution is 6.31. The summed E-state index contributed by atoms with van der Waals surface area (Å²) in [6, 6.07) is 21.8. The standard InChI is InChI=1S/C27H25ClN2O4/c28-23-16-25-24(33-18-34-25)15-22(23)17-30-13-12-29(11-10-26(30)31)27(32)14-19-6-8-21(9-7-19)20-4-2-1-3-5-20/h1-9,15-16H,10-14,17-18H2. The van der Waals surface area contributed by atoms with E-state index < -0.39 is 0 Å². The lowest BCUT2D eigenvalue weighted by Crippen LogP contribution is -2.36. The first-order valence-electron chi connectivity index (χ1n) is 11.3. The second-order valence-electron chi connectivity index (χ2n) is 8.48. The van der Waals surface area contributed by atoms with Crippen molar-refractivity contribution in [3.63, 3.8) is 0 Å². The number of benzene rings is 3. The highest BCUT2D eigenvalue weighted by atomic mass is 35.5. The molecule has 0 spiro atoms. The van der Waals surface area contributed by atoms with Crippen molar-refractivity contribution in [2.45, 2.75) is 19.4 Å². The van der Waals surface area contributed by atoms with Crippen LogP contribution in [0, 0.1) is 0 Å². The minimum absolute atomic E-state index is 0.0104. The number of carbonyl (C=O) groups is 2. The van der Waals surface area contributed by atoms with E-state index in [1.54, 1.807) is 15.9 Å². The van der Waals surface area contributed by atoms with Crippen LogP contribution in [-0.4, -0.2) is 48.0 Å². The summed E-state index contributed by atoms with van der Waals surface area (Å²) in [6.07, 6.45) is 0.609. The lowest BCUT2D eigenvalue weighted by molar-refractivity contribution is -0.130. The van der Waals surface area contributed by atoms with Gasteiger partial charge in [0, 0.05) is 43.7 Å². The maximum atomic E-state index is 13.0. The first-order valence-corrected chi connectivity index (χ1v) is 11.7. The van der Waals surface area contributed by atoms with Crippen LogP contribution in [0.5, 0.6) is 11.5 Å². The fourth-order valence-corrected chi connectivity index (χ4v) is 4.51. The van der Waals surface area contributed by atoms with Crippen LogP contribution >= 0.6 is 11.6 Å². The van der Waals surface area contributed by atoms with Crippen molar-refractivity contribution in [2.75, 3.05) is 26.4 Å². The summed E-state index contributed by atoms with van der Waals surface area (Å²) < 4.78 is 10.8. The molecular weight excluding hydrogens is 452 g/mol. The Labute approximate surface area is 203 Å². The lowest BCUT2D eigenvalue weighted by Gasteiger charge is -2.23. The number of amides is 2. The van der Waals surface area contributed by atoms with Crippen molar-refractivity contribution in [2.24, 2.45) is 0 Å². The Balaban J connectivity index is 1.20. The molecule has 0 aliphatic carbocycles. The van der Waals surface area contributed by atoms with Gasteiger partial charge in [0.1, 0.15) is 0 Å². The van der Waals surface area contributed by atoms with Crippen molar-refractivity contribution in [1.29, 1.82) is 0 Å². The fraction of sp³-hybridized carbons (Fsp3) is 0.259. The molecule has 2 heterocycles. The minimum Gasteiger partial charge on any atom is -0.454 e. The molecule has 2 amide bonds. The second-order valence-corrected chi connectivity index (χ2v) is 8.89. The van der Waals surface area contributed by atoms with Gasteiger partial charge in [0.15, 0.2) is 11.5 Å². The summed E-state index contributed by atoms with van der Waals surface area (Å²) in [7, 11) is 0. The van der Waals surface area contributed by atoms with Crippen LogP contribution in [0.1, 0.15) is 17.5 Å². The zero-order chi connectivity index (χ0) is 23.5. The van der Waals surface area contributed by atoms with Crippen LogP contribution in [0.25, 0.3) is 11.1 Å². The van der Waals surface area contributed by atoms with Gasteiger partial charge in [0.25, 0.3) is 0 Å². The normalized spacial score (nSPS) is 15.4. The first-order chi connectivity index (χ1) is 16.6. The fourth-order valence-electron chi connectivity index (χ4n) is 4.30. The van der Waals surface area contributed by atoms with Crippen molar-refractivity contribution >= 4 is 23.4 Å². The zero-order valence-electron chi connectivity index (χ0n) is 18.7. The van der Waals surface area contributed by atoms with Gasteiger partial charge < -0.3 is 19.3 Å². The Morgan fingerprint density at radius 3 is 2.35 bits per heavy atom. The van der Waals surface area contributed by atoms with Crippen molar-refractivity contribution in [3.8, 4) is 22.6 Å². The number of halogens is 1. The van der Waals surface area contributed by atoms with Gasteiger partial charge in [-0.15, -0.1) is 0 Å². The molecule has 0 aromatic heterocycles. The topological polar surface area (TPSA) is 59.1 Å². The molecule has 1 saturated heterocycles. The Kier molecular flexibility index (Phi) is 6.41. The minimum atomic E-state index is 0.0104. The van der Waals surface area contributed by atoms with Crippen LogP contribution in [0.15, 0.2) is 66.7 Å². The highest BCUT2D eigenvalue weighted by Crippen LogP contribution is 2.37. The molecule has 7 heteroatoms. The second kappa shape index (κ2) is 9.77. The number of fused-ring (bicyclic) bond motifs is 1. The molecule has 2 aliphatic rings. The van der Waals surface area contributed by atoms with E-state index in [2.05, 4.69) is 12.1 Å². The Morgan fingerprint density at radius 1 is 0.882 bits per heavy atom. The molecule has 0 N–H and O–H groups in total. The van der Waals surface area contributed by atoms with E-state index in [0.29, 0.717) is 55.5 Å². The average Bonchev–Trinajstić information content (AvgIpc) is 3.22. The maximum Gasteiger partial charge on any atom is 0.231 e. The molecule has 1 fully saturated rings. The molecule has 34 heavy (non-hydrogen) atoms. The molecule has 174 valence electrons. The molecule has 0 saturated carbocycles. The van der Waals surface area contributed by atoms with E-state index in [0.717, 1.165) is 22.3 Å². The van der Waals surface area contributed by atoms with E-state index in [4.69, 9.17) is 21.1 Å². The van der Waals surface area contributed by atoms with Gasteiger partial charge in [-0.25, -0.2) is 0 Å². The van der Waals surface area contributed by atoms with Gasteiger partial charge in [-0.05, 0) is 28.3 Å². The number of nitrogens with zero attached hydrogens (tertiary/aromatic N) is 2. The predicted octanol–water partition coefficient (Wildman–Crippen LogP) is 4.54. The van der Waals surface area contributed by atoms with Gasteiger partial charge >= 0.3 is 0 Å². The Hall–Kier alpha value is -3.51. The van der Waals surface area contributed by atoms with Crippen LogP contribution in [0.3, 0.4) is 0 Å². The summed E-state index contributed by atoms with van der Waals surface area (Å²) in [5.74, 6) is 1.29. The van der Waals surface area contributed by atoms with Crippen LogP contribution in [0.4, 0.5) is 0 Å². The predicted molar refractivity (Wildman–Crippen MR) is 130 cm³/mol. The van der Waals surface area contributed by atoms with E-state index in [9.17, 15) is 9.59 Å². The molecule has 0 bridgehead atoms. The third-order valence-corrected chi connectivity index (χ3v) is 6.61. The Morgan fingerprint density at radius 2 is 1.59 bits per heavy atom. The summed E-state index contributed by atoms with van der Waals surface area (Å²) >= 11 is 6.40. The quantitative estimate of drug-likeness (QED) is 0.542. The van der Waals surface area contributed by atoms with Crippen molar-refractivity contribution < 1.29 is 19.1 Å². The smallest absolute Gasteiger partial charge is 0.231 e. The van der Waals surface area contributed by atoms with Crippen molar-refractivity contribution in [3.05, 3.63) is 82.9 Å². The molecule has 0 unspecified atom stereocenters. The van der Waals surface area contributed by atoms with Crippen LogP contribution in [0.2, 0.25) is 5.02 Å². The van der Waals surface area contributed by atoms with Gasteiger partial charge in [-0.2, -0.15) is 0 Å². The summed E-state index contributed by atoms with van der Waals surface area (Å²) in [4.78, 5) is 29.3. The average molecular weight is 477 g/mol. The first kappa shape index (κ1) is 22.3. The van der Waals surface area contributed by atoms with E-state index in [-0.39, 0.29) is 18.6 Å². The largest absolute Gasteiger partial charge is 0.454 e. The Bertz CT molecular complexity index is 1200. The number of hydrogen-bond donors (Lipinski definition) is 0. The molecule has 0 radical (unpaired) electrons. The highest BCUT2D eigenvalue weighted by Gasteiger charge is 2.25. The summed E-state index contributed by atoms with van der Waals surface area (Å²) in [5.41, 5.74) is 4.03. The SMILES string of the molecule is O=C(Cc1ccc(-c2ccccc2)cc1)N1CCC(=O)N(Cc2cc3c(cc2Cl)OCO3)CC1. The van der Waals surface area contributed by atoms with Gasteiger partial charge in [0.05, 0.1) is 6.42 Å². The maximum absolute atomic E-state index is 13.0. The van der Waals surface area contributed by atoms with E-state index in [1.807, 2.05) is 48.5 Å². The molecule has 5 rings (SSSR count). The van der Waals surface area contributed by atoms with Gasteiger partial charge in [-0.1, -0.05) is 66.2 Å².